The summed E-state index contributed by atoms with van der Waals surface area (Å²) < 4.78 is 7.50. The molecule has 8 nitrogen and oxygen atoms in total. The second-order valence-corrected chi connectivity index (χ2v) is 7.28. The first kappa shape index (κ1) is 20.6. The molecule has 1 aromatic carbocycles. The topological polar surface area (TPSA) is 93.0 Å². The van der Waals surface area contributed by atoms with Crippen LogP contribution < -0.4 is 10.1 Å². The van der Waals surface area contributed by atoms with Gasteiger partial charge in [-0.05, 0) is 37.6 Å². The van der Waals surface area contributed by atoms with E-state index < -0.39 is 0 Å². The molecule has 1 N–H and O–H groups in total. The average Bonchev–Trinajstić information content (AvgIpc) is 3.29. The summed E-state index contributed by atoms with van der Waals surface area (Å²) in [6.07, 6.45) is 5.09. The molecule has 0 atom stereocenters. The Hall–Kier alpha value is -3.68. The predicted molar refractivity (Wildman–Crippen MR) is 114 cm³/mol. The Balaban J connectivity index is 1.23. The number of hydrogen-bond donors (Lipinski definition) is 1. The molecule has 3 heterocycles. The molecule has 8 heteroatoms. The van der Waals surface area contributed by atoms with Crippen molar-refractivity contribution in [1.29, 1.82) is 0 Å². The van der Waals surface area contributed by atoms with E-state index >= 15 is 0 Å². The Kier molecular flexibility index (Phi) is 5.97. The standard InChI is InChI=1S/C23H24N4O4/c1-2-31-19-9-5-13-26-15-16(25-21(19)26)11-12-24-20(28)10-6-14-27-22(29)17-7-3-4-8-18(17)23(27)30/h3-5,7-9,13,15H,2,6,10-12,14H2,1H3,(H,24,28). The van der Waals surface area contributed by atoms with Crippen LogP contribution in [0.2, 0.25) is 0 Å². The number of carbonyl (C=O) groups excluding carboxylic acids is 3. The molecule has 0 fully saturated rings. The average molecular weight is 420 g/mol. The van der Waals surface area contributed by atoms with Crippen LogP contribution in [0.25, 0.3) is 5.65 Å². The fourth-order valence-corrected chi connectivity index (χ4v) is 3.68. The van der Waals surface area contributed by atoms with Crippen LogP contribution in [-0.4, -0.2) is 51.7 Å². The highest BCUT2D eigenvalue weighted by Crippen LogP contribution is 2.22. The molecule has 160 valence electrons. The summed E-state index contributed by atoms with van der Waals surface area (Å²) in [6.45, 7) is 3.18. The maximum Gasteiger partial charge on any atom is 0.261 e. The van der Waals surface area contributed by atoms with Crippen molar-refractivity contribution in [3.8, 4) is 5.75 Å². The number of imide groups is 1. The van der Waals surface area contributed by atoms with E-state index in [9.17, 15) is 14.4 Å². The van der Waals surface area contributed by atoms with Crippen molar-refractivity contribution in [3.63, 3.8) is 0 Å². The number of imidazole rings is 1. The molecule has 3 aromatic rings. The minimum atomic E-state index is -0.292. The minimum absolute atomic E-state index is 0.115. The first-order valence-corrected chi connectivity index (χ1v) is 10.4. The van der Waals surface area contributed by atoms with Gasteiger partial charge >= 0.3 is 0 Å². The van der Waals surface area contributed by atoms with Crippen LogP contribution in [-0.2, 0) is 11.2 Å². The third-order valence-corrected chi connectivity index (χ3v) is 5.16. The van der Waals surface area contributed by atoms with Crippen molar-refractivity contribution >= 4 is 23.4 Å². The minimum Gasteiger partial charge on any atom is -0.490 e. The molecule has 0 unspecified atom stereocenters. The summed E-state index contributed by atoms with van der Waals surface area (Å²) in [5.74, 6) is 0.0300. The Morgan fingerprint density at radius 1 is 1.10 bits per heavy atom. The van der Waals surface area contributed by atoms with Crippen molar-refractivity contribution in [2.75, 3.05) is 19.7 Å². The number of carbonyl (C=O) groups is 3. The first-order valence-electron chi connectivity index (χ1n) is 10.4. The number of nitrogens with zero attached hydrogens (tertiary/aromatic N) is 3. The maximum absolute atomic E-state index is 12.3. The summed E-state index contributed by atoms with van der Waals surface area (Å²) in [5, 5.41) is 2.87. The van der Waals surface area contributed by atoms with E-state index in [4.69, 9.17) is 4.74 Å². The normalized spacial score (nSPS) is 13.0. The van der Waals surface area contributed by atoms with Gasteiger partial charge in [0.1, 0.15) is 0 Å². The fraction of sp³-hybridized carbons (Fsp3) is 0.304. The number of amides is 3. The number of nitrogens with one attached hydrogen (secondary N) is 1. The molecule has 31 heavy (non-hydrogen) atoms. The summed E-state index contributed by atoms with van der Waals surface area (Å²) in [4.78, 5) is 42.6. The Morgan fingerprint density at radius 3 is 2.55 bits per heavy atom. The summed E-state index contributed by atoms with van der Waals surface area (Å²) in [6, 6.07) is 10.6. The van der Waals surface area contributed by atoms with Gasteiger partial charge in [0.05, 0.1) is 23.4 Å². The van der Waals surface area contributed by atoms with Crippen molar-refractivity contribution in [2.45, 2.75) is 26.2 Å². The van der Waals surface area contributed by atoms with E-state index in [0.717, 1.165) is 17.1 Å². The van der Waals surface area contributed by atoms with E-state index in [1.165, 1.54) is 4.90 Å². The van der Waals surface area contributed by atoms with Crippen molar-refractivity contribution in [2.24, 2.45) is 0 Å². The van der Waals surface area contributed by atoms with Gasteiger partial charge in [0.25, 0.3) is 11.8 Å². The van der Waals surface area contributed by atoms with E-state index in [-0.39, 0.29) is 30.7 Å². The Morgan fingerprint density at radius 2 is 1.84 bits per heavy atom. The van der Waals surface area contributed by atoms with Crippen LogP contribution in [0.4, 0.5) is 0 Å². The van der Waals surface area contributed by atoms with Crippen LogP contribution in [0, 0.1) is 0 Å². The smallest absolute Gasteiger partial charge is 0.261 e. The third-order valence-electron chi connectivity index (χ3n) is 5.16. The number of fused-ring (bicyclic) bond motifs is 2. The van der Waals surface area contributed by atoms with Crippen molar-refractivity contribution in [1.82, 2.24) is 19.6 Å². The molecule has 1 aliphatic rings. The molecule has 4 rings (SSSR count). The number of hydrogen-bond acceptors (Lipinski definition) is 5. The lowest BCUT2D eigenvalue weighted by atomic mass is 10.1. The molecule has 2 aromatic heterocycles. The van der Waals surface area contributed by atoms with Crippen LogP contribution in [0.1, 0.15) is 46.2 Å². The molecule has 0 radical (unpaired) electrons. The monoisotopic (exact) mass is 420 g/mol. The lowest BCUT2D eigenvalue weighted by Gasteiger charge is -2.13. The Labute approximate surface area is 179 Å². The largest absolute Gasteiger partial charge is 0.490 e. The van der Waals surface area contributed by atoms with E-state index in [1.54, 1.807) is 24.3 Å². The van der Waals surface area contributed by atoms with E-state index in [2.05, 4.69) is 10.3 Å². The third kappa shape index (κ3) is 4.28. The van der Waals surface area contributed by atoms with Crippen LogP contribution in [0.3, 0.4) is 0 Å². The predicted octanol–water partition coefficient (Wildman–Crippen LogP) is 2.47. The fourth-order valence-electron chi connectivity index (χ4n) is 3.68. The zero-order valence-corrected chi connectivity index (χ0v) is 17.3. The van der Waals surface area contributed by atoms with Gasteiger partial charge in [-0.25, -0.2) is 4.98 Å². The number of benzene rings is 1. The second-order valence-electron chi connectivity index (χ2n) is 7.28. The molecule has 3 amide bonds. The molecule has 0 saturated heterocycles. The zero-order chi connectivity index (χ0) is 21.8. The highest BCUT2D eigenvalue weighted by Gasteiger charge is 2.34. The van der Waals surface area contributed by atoms with Crippen LogP contribution >= 0.6 is 0 Å². The highest BCUT2D eigenvalue weighted by molar-refractivity contribution is 6.21. The molecular weight excluding hydrogens is 396 g/mol. The van der Waals surface area contributed by atoms with Crippen LogP contribution in [0.15, 0.2) is 48.8 Å². The molecule has 0 spiro atoms. The number of aromatic nitrogens is 2. The number of pyridine rings is 1. The quantitative estimate of drug-likeness (QED) is 0.537. The zero-order valence-electron chi connectivity index (χ0n) is 17.3. The van der Waals surface area contributed by atoms with E-state index in [0.29, 0.717) is 37.1 Å². The first-order chi connectivity index (χ1) is 15.1. The molecule has 0 bridgehead atoms. The van der Waals surface area contributed by atoms with Gasteiger partial charge in [0.2, 0.25) is 5.91 Å². The van der Waals surface area contributed by atoms with Gasteiger partial charge in [0, 0.05) is 38.3 Å². The van der Waals surface area contributed by atoms with Gasteiger partial charge in [-0.2, -0.15) is 0 Å². The summed E-state index contributed by atoms with van der Waals surface area (Å²) in [5.41, 5.74) is 2.47. The Bertz CT molecular complexity index is 1100. The van der Waals surface area contributed by atoms with Gasteiger partial charge in [-0.15, -0.1) is 0 Å². The summed E-state index contributed by atoms with van der Waals surface area (Å²) >= 11 is 0. The van der Waals surface area contributed by atoms with E-state index in [1.807, 2.05) is 35.9 Å². The lowest BCUT2D eigenvalue weighted by Crippen LogP contribution is -2.32. The van der Waals surface area contributed by atoms with Crippen molar-refractivity contribution < 1.29 is 19.1 Å². The van der Waals surface area contributed by atoms with Gasteiger partial charge in [0.15, 0.2) is 11.4 Å². The highest BCUT2D eigenvalue weighted by atomic mass is 16.5. The summed E-state index contributed by atoms with van der Waals surface area (Å²) in [7, 11) is 0. The molecular formula is C23H24N4O4. The molecule has 0 saturated carbocycles. The SMILES string of the molecule is CCOc1cccn2cc(CCNC(=O)CCCN3C(=O)c4ccccc4C3=O)nc12. The molecule has 0 aliphatic carbocycles. The molecule has 1 aliphatic heterocycles. The number of ether oxygens (including phenoxy) is 1. The van der Waals surface area contributed by atoms with Gasteiger partial charge < -0.3 is 14.5 Å². The van der Waals surface area contributed by atoms with Gasteiger partial charge in [-0.1, -0.05) is 12.1 Å². The number of rotatable bonds is 9. The van der Waals surface area contributed by atoms with Gasteiger partial charge in [-0.3, -0.25) is 19.3 Å². The maximum atomic E-state index is 12.3. The van der Waals surface area contributed by atoms with Crippen molar-refractivity contribution in [3.05, 3.63) is 65.6 Å². The van der Waals surface area contributed by atoms with Crippen LogP contribution in [0.5, 0.6) is 5.75 Å². The second kappa shape index (κ2) is 8.99. The lowest BCUT2D eigenvalue weighted by molar-refractivity contribution is -0.121.